The molecule has 0 spiro atoms. The molecule has 148 valence electrons. The lowest BCUT2D eigenvalue weighted by Crippen LogP contribution is -2.01. The number of hydrogen-bond acceptors (Lipinski definition) is 3. The van der Waals surface area contributed by atoms with E-state index in [1.54, 1.807) is 29.5 Å². The second-order valence-electron chi connectivity index (χ2n) is 6.38. The van der Waals surface area contributed by atoms with E-state index < -0.39 is 16.9 Å². The minimum Gasteiger partial charge on any atom is -0.489 e. The Kier molecular flexibility index (Phi) is 6.93. The van der Waals surface area contributed by atoms with Gasteiger partial charge in [-0.15, -0.1) is 11.3 Å². The Bertz CT molecular complexity index is 986. The molecule has 3 nitrogen and oxygen atoms in total. The van der Waals surface area contributed by atoms with Crippen molar-refractivity contribution in [1.29, 1.82) is 0 Å². The highest BCUT2D eigenvalue weighted by Gasteiger charge is 2.11. The molecule has 0 radical (unpaired) electrons. The number of thiophene rings is 1. The second-order valence-corrected chi connectivity index (χ2v) is 8.72. The molecular formula is C21H20F2O3S2. The van der Waals surface area contributed by atoms with E-state index in [0.29, 0.717) is 29.7 Å². The smallest absolute Gasteiger partial charge is 0.152 e. The molecule has 7 heteroatoms. The highest BCUT2D eigenvalue weighted by molar-refractivity contribution is 7.79. The van der Waals surface area contributed by atoms with Crippen LogP contribution in [0.1, 0.15) is 22.4 Å². The fraction of sp³-hybridized carbons (Fsp3) is 0.238. The first-order chi connectivity index (χ1) is 13.4. The summed E-state index contributed by atoms with van der Waals surface area (Å²) in [5.41, 5.74) is 2.06. The Morgan fingerprint density at radius 2 is 1.89 bits per heavy atom. The fourth-order valence-electron chi connectivity index (χ4n) is 2.87. The van der Waals surface area contributed by atoms with Gasteiger partial charge in [0.2, 0.25) is 0 Å². The predicted octanol–water partition coefficient (Wildman–Crippen LogP) is 5.74. The van der Waals surface area contributed by atoms with Crippen molar-refractivity contribution in [3.05, 3.63) is 76.2 Å². The summed E-state index contributed by atoms with van der Waals surface area (Å²) >= 11 is -0.251. The van der Waals surface area contributed by atoms with Crippen molar-refractivity contribution >= 4 is 22.4 Å². The normalized spacial score (nSPS) is 12.1. The van der Waals surface area contributed by atoms with E-state index >= 15 is 0 Å². The molecule has 1 atom stereocenters. The number of rotatable bonds is 8. The van der Waals surface area contributed by atoms with Crippen molar-refractivity contribution in [2.45, 2.75) is 26.4 Å². The lowest BCUT2D eigenvalue weighted by atomic mass is 10.1. The third kappa shape index (κ3) is 5.47. The first-order valence-corrected chi connectivity index (χ1v) is 10.9. The van der Waals surface area contributed by atoms with E-state index in [9.17, 15) is 13.0 Å². The minimum atomic E-state index is -1.87. The summed E-state index contributed by atoms with van der Waals surface area (Å²) < 4.78 is 53.1. The first-order valence-electron chi connectivity index (χ1n) is 8.76. The van der Waals surface area contributed by atoms with Crippen LogP contribution in [0.25, 0.3) is 10.4 Å². The molecular weight excluding hydrogens is 402 g/mol. The van der Waals surface area contributed by atoms with Crippen molar-refractivity contribution in [3.8, 4) is 16.2 Å². The predicted molar refractivity (Wildman–Crippen MR) is 109 cm³/mol. The maximum Gasteiger partial charge on any atom is 0.152 e. The molecule has 0 fully saturated rings. The molecule has 0 aliphatic rings. The SMILES string of the molecule is Cc1ccc(-c2ccc(F)cc2COc2ccc(CCCS(=O)O)c(F)c2)s1. The molecule has 2 aromatic carbocycles. The van der Waals surface area contributed by atoms with Gasteiger partial charge < -0.3 is 9.29 Å². The molecule has 3 rings (SSSR count). The number of ether oxygens (including phenoxy) is 1. The van der Waals surface area contributed by atoms with Crippen molar-refractivity contribution in [1.82, 2.24) is 0 Å². The summed E-state index contributed by atoms with van der Waals surface area (Å²) in [7, 11) is 0. The van der Waals surface area contributed by atoms with Crippen LogP contribution in [0, 0.1) is 18.6 Å². The van der Waals surface area contributed by atoms with Crippen molar-refractivity contribution in [2.24, 2.45) is 0 Å². The Morgan fingerprint density at radius 1 is 1.07 bits per heavy atom. The average molecular weight is 423 g/mol. The standard InChI is InChI=1S/C21H20F2O3S2/c1-14-4-9-21(27-14)19-8-6-17(22)11-16(19)13-26-18-7-5-15(20(23)12-18)3-2-10-28(24)25/h4-9,11-12H,2-3,10,13H2,1H3,(H,24,25). The van der Waals surface area contributed by atoms with Crippen LogP contribution >= 0.6 is 11.3 Å². The van der Waals surface area contributed by atoms with Gasteiger partial charge in [-0.2, -0.15) is 0 Å². The van der Waals surface area contributed by atoms with Crippen LogP contribution in [0.15, 0.2) is 48.5 Å². The maximum atomic E-state index is 14.2. The zero-order valence-electron chi connectivity index (χ0n) is 15.3. The van der Waals surface area contributed by atoms with Crippen LogP contribution in [0.3, 0.4) is 0 Å². The summed E-state index contributed by atoms with van der Waals surface area (Å²) in [6.45, 7) is 2.13. The Hall–Kier alpha value is -2.09. The molecule has 1 unspecified atom stereocenters. The Balaban J connectivity index is 1.71. The van der Waals surface area contributed by atoms with E-state index in [2.05, 4.69) is 0 Å². The highest BCUT2D eigenvalue weighted by Crippen LogP contribution is 2.31. The zero-order valence-corrected chi connectivity index (χ0v) is 16.9. The molecule has 28 heavy (non-hydrogen) atoms. The van der Waals surface area contributed by atoms with Crippen molar-refractivity contribution in [3.63, 3.8) is 0 Å². The van der Waals surface area contributed by atoms with E-state index in [4.69, 9.17) is 9.29 Å². The van der Waals surface area contributed by atoms with Gasteiger partial charge >= 0.3 is 0 Å². The molecule has 0 saturated carbocycles. The topological polar surface area (TPSA) is 46.5 Å². The molecule has 0 saturated heterocycles. The van der Waals surface area contributed by atoms with Crippen LogP contribution in [0.2, 0.25) is 0 Å². The quantitative estimate of drug-likeness (QED) is 0.471. The Labute approximate surface area is 169 Å². The first kappa shape index (κ1) is 20.6. The molecule has 1 N–H and O–H groups in total. The van der Waals surface area contributed by atoms with Gasteiger partial charge in [-0.05, 0) is 61.2 Å². The van der Waals surface area contributed by atoms with Gasteiger partial charge in [0.15, 0.2) is 11.1 Å². The fourth-order valence-corrected chi connectivity index (χ4v) is 4.19. The summed E-state index contributed by atoms with van der Waals surface area (Å²) in [4.78, 5) is 2.19. The molecule has 3 aromatic rings. The van der Waals surface area contributed by atoms with E-state index in [-0.39, 0.29) is 18.2 Å². The molecule has 1 heterocycles. The number of benzene rings is 2. The molecule has 1 aromatic heterocycles. The zero-order chi connectivity index (χ0) is 20.1. The van der Waals surface area contributed by atoms with Gasteiger partial charge in [-0.3, -0.25) is 0 Å². The molecule has 0 aliphatic carbocycles. The van der Waals surface area contributed by atoms with Crippen molar-refractivity contribution < 1.29 is 22.3 Å². The van der Waals surface area contributed by atoms with Gasteiger partial charge in [-0.25, -0.2) is 13.0 Å². The van der Waals surface area contributed by atoms with E-state index in [1.165, 1.54) is 18.2 Å². The Morgan fingerprint density at radius 3 is 2.57 bits per heavy atom. The van der Waals surface area contributed by atoms with Gasteiger partial charge in [0.1, 0.15) is 24.0 Å². The summed E-state index contributed by atoms with van der Waals surface area (Å²) in [6, 6.07) is 13.1. The van der Waals surface area contributed by atoms with Crippen LogP contribution < -0.4 is 4.74 Å². The third-order valence-corrected chi connectivity index (χ3v) is 5.93. The van der Waals surface area contributed by atoms with E-state index in [1.807, 2.05) is 19.1 Å². The average Bonchev–Trinajstić information content (AvgIpc) is 3.07. The lowest BCUT2D eigenvalue weighted by Gasteiger charge is -2.12. The summed E-state index contributed by atoms with van der Waals surface area (Å²) in [5.74, 6) is -0.306. The molecule has 0 bridgehead atoms. The van der Waals surface area contributed by atoms with Crippen LogP contribution in [-0.2, 0) is 24.1 Å². The van der Waals surface area contributed by atoms with E-state index in [0.717, 1.165) is 15.3 Å². The van der Waals surface area contributed by atoms with Crippen LogP contribution in [-0.4, -0.2) is 14.5 Å². The monoisotopic (exact) mass is 422 g/mol. The minimum absolute atomic E-state index is 0.113. The second kappa shape index (κ2) is 9.41. The molecule has 0 amide bonds. The molecule has 0 aliphatic heterocycles. The maximum absolute atomic E-state index is 14.2. The van der Waals surface area contributed by atoms with Crippen LogP contribution in [0.4, 0.5) is 8.78 Å². The van der Waals surface area contributed by atoms with Crippen LogP contribution in [0.5, 0.6) is 5.75 Å². The van der Waals surface area contributed by atoms with Crippen molar-refractivity contribution in [2.75, 3.05) is 5.75 Å². The number of halogens is 2. The van der Waals surface area contributed by atoms with Gasteiger partial charge in [0.05, 0.1) is 0 Å². The van der Waals surface area contributed by atoms with Gasteiger partial charge in [-0.1, -0.05) is 12.1 Å². The third-order valence-electron chi connectivity index (χ3n) is 4.26. The summed E-state index contributed by atoms with van der Waals surface area (Å²) in [6.07, 6.45) is 0.803. The largest absolute Gasteiger partial charge is 0.489 e. The number of aryl methyl sites for hydroxylation is 2. The number of hydrogen-bond donors (Lipinski definition) is 1. The summed E-state index contributed by atoms with van der Waals surface area (Å²) in [5, 5.41) is 0. The highest BCUT2D eigenvalue weighted by atomic mass is 32.2. The van der Waals surface area contributed by atoms with Gasteiger partial charge in [0.25, 0.3) is 0 Å². The van der Waals surface area contributed by atoms with Gasteiger partial charge in [0, 0.05) is 27.1 Å². The lowest BCUT2D eigenvalue weighted by molar-refractivity contribution is 0.304.